The van der Waals surface area contributed by atoms with Gasteiger partial charge in [0.05, 0.1) is 12.7 Å². The van der Waals surface area contributed by atoms with Crippen LogP contribution in [0.2, 0.25) is 0 Å². The van der Waals surface area contributed by atoms with E-state index in [2.05, 4.69) is 24.3 Å². The van der Waals surface area contributed by atoms with Crippen LogP contribution >= 0.6 is 0 Å². The Bertz CT molecular complexity index is 330. The van der Waals surface area contributed by atoms with Crippen LogP contribution in [-0.2, 0) is 11.3 Å². The molecule has 0 aliphatic carbocycles. The highest BCUT2D eigenvalue weighted by molar-refractivity contribution is 5.73. The summed E-state index contributed by atoms with van der Waals surface area (Å²) in [6.45, 7) is 8.49. The summed E-state index contributed by atoms with van der Waals surface area (Å²) >= 11 is 0. The Hall–Kier alpha value is -1.32. The molecule has 1 amide bonds. The van der Waals surface area contributed by atoms with Crippen LogP contribution in [-0.4, -0.2) is 21.7 Å². The van der Waals surface area contributed by atoms with E-state index in [1.54, 1.807) is 0 Å². The molecule has 1 rings (SSSR count). The molecule has 1 aromatic heterocycles. The van der Waals surface area contributed by atoms with Crippen molar-refractivity contribution in [3.63, 3.8) is 0 Å². The van der Waals surface area contributed by atoms with Crippen LogP contribution < -0.4 is 5.32 Å². The molecule has 0 aliphatic rings. The first-order valence-corrected chi connectivity index (χ1v) is 5.28. The number of carbonyl (C=O) groups is 1. The Labute approximate surface area is 90.7 Å². The molecule has 0 fully saturated rings. The van der Waals surface area contributed by atoms with Gasteiger partial charge in [0.15, 0.2) is 0 Å². The summed E-state index contributed by atoms with van der Waals surface area (Å²) in [6, 6.07) is 0.113. The molecule has 1 N–H and O–H groups in total. The van der Waals surface area contributed by atoms with Crippen LogP contribution in [0.25, 0.3) is 0 Å². The second-order valence-electron chi connectivity index (χ2n) is 4.25. The summed E-state index contributed by atoms with van der Waals surface area (Å²) in [6.07, 6.45) is 3.91. The van der Waals surface area contributed by atoms with E-state index < -0.39 is 0 Å². The predicted octanol–water partition coefficient (Wildman–Crippen LogP) is 1.53. The third-order valence-electron chi connectivity index (χ3n) is 2.23. The fourth-order valence-corrected chi connectivity index (χ4v) is 1.45. The lowest BCUT2D eigenvalue weighted by Crippen LogP contribution is -2.34. The van der Waals surface area contributed by atoms with Crippen molar-refractivity contribution in [1.82, 2.24) is 15.1 Å². The first kappa shape index (κ1) is 11.8. The number of rotatable bonds is 4. The molecule has 1 atom stereocenters. The Kier molecular flexibility index (Phi) is 3.88. The van der Waals surface area contributed by atoms with Crippen molar-refractivity contribution in [2.75, 3.05) is 0 Å². The quantitative estimate of drug-likeness (QED) is 0.817. The lowest BCUT2D eigenvalue weighted by molar-refractivity contribution is -0.119. The van der Waals surface area contributed by atoms with E-state index >= 15 is 0 Å². The van der Waals surface area contributed by atoms with Crippen LogP contribution in [0.1, 0.15) is 39.2 Å². The SMILES string of the molecule is CC(=O)NC(C)Cn1cc(C(C)C)cn1. The van der Waals surface area contributed by atoms with Crippen molar-refractivity contribution in [2.45, 2.75) is 46.2 Å². The van der Waals surface area contributed by atoms with E-state index in [-0.39, 0.29) is 11.9 Å². The van der Waals surface area contributed by atoms with Crippen molar-refractivity contribution >= 4 is 5.91 Å². The first-order valence-electron chi connectivity index (χ1n) is 5.28. The molecule has 1 unspecified atom stereocenters. The third-order valence-corrected chi connectivity index (χ3v) is 2.23. The average molecular weight is 209 g/mol. The summed E-state index contributed by atoms with van der Waals surface area (Å²) in [5.41, 5.74) is 1.23. The number of aromatic nitrogens is 2. The van der Waals surface area contributed by atoms with Gasteiger partial charge in [0.25, 0.3) is 0 Å². The summed E-state index contributed by atoms with van der Waals surface area (Å²) in [5.74, 6) is 0.494. The Morgan fingerprint density at radius 2 is 2.20 bits per heavy atom. The zero-order chi connectivity index (χ0) is 11.4. The molecule has 4 nitrogen and oxygen atoms in total. The van der Waals surface area contributed by atoms with Crippen LogP contribution in [0.5, 0.6) is 0 Å². The highest BCUT2D eigenvalue weighted by atomic mass is 16.1. The van der Waals surface area contributed by atoms with Gasteiger partial charge in [-0.1, -0.05) is 13.8 Å². The number of nitrogens with one attached hydrogen (secondary N) is 1. The Morgan fingerprint density at radius 1 is 1.53 bits per heavy atom. The molecule has 84 valence electrons. The number of carbonyl (C=O) groups excluding carboxylic acids is 1. The Balaban J connectivity index is 2.53. The first-order chi connectivity index (χ1) is 6.99. The highest BCUT2D eigenvalue weighted by Crippen LogP contribution is 2.12. The molecule has 1 heterocycles. The zero-order valence-corrected chi connectivity index (χ0v) is 9.82. The number of hydrogen-bond donors (Lipinski definition) is 1. The summed E-state index contributed by atoms with van der Waals surface area (Å²) in [7, 11) is 0. The van der Waals surface area contributed by atoms with Crippen molar-refractivity contribution in [3.05, 3.63) is 18.0 Å². The maximum Gasteiger partial charge on any atom is 0.217 e. The molecule has 15 heavy (non-hydrogen) atoms. The minimum absolute atomic E-state index is 0.00117. The fraction of sp³-hybridized carbons (Fsp3) is 0.636. The van der Waals surface area contributed by atoms with Crippen molar-refractivity contribution in [1.29, 1.82) is 0 Å². The van der Waals surface area contributed by atoms with E-state index in [1.165, 1.54) is 12.5 Å². The molecule has 0 aromatic carbocycles. The standard InChI is InChI=1S/C11H19N3O/c1-8(2)11-5-12-14(7-11)6-9(3)13-10(4)15/h5,7-9H,6H2,1-4H3,(H,13,15). The fourth-order valence-electron chi connectivity index (χ4n) is 1.45. The molecule has 0 radical (unpaired) electrons. The monoisotopic (exact) mass is 209 g/mol. The van der Waals surface area contributed by atoms with E-state index in [9.17, 15) is 4.79 Å². The van der Waals surface area contributed by atoms with Crippen LogP contribution in [0.3, 0.4) is 0 Å². The molecule has 0 spiro atoms. The summed E-state index contributed by atoms with van der Waals surface area (Å²) in [5, 5.41) is 7.08. The number of nitrogens with zero attached hydrogens (tertiary/aromatic N) is 2. The molecule has 1 aromatic rings. The van der Waals surface area contributed by atoms with Crippen molar-refractivity contribution < 1.29 is 4.79 Å². The normalized spacial score (nSPS) is 12.9. The van der Waals surface area contributed by atoms with Gasteiger partial charge in [-0.25, -0.2) is 0 Å². The third kappa shape index (κ3) is 3.73. The number of amides is 1. The van der Waals surface area contributed by atoms with Gasteiger partial charge in [0.2, 0.25) is 5.91 Å². The van der Waals surface area contributed by atoms with E-state index in [4.69, 9.17) is 0 Å². The zero-order valence-electron chi connectivity index (χ0n) is 9.82. The van der Waals surface area contributed by atoms with E-state index in [0.717, 1.165) is 0 Å². The second-order valence-corrected chi connectivity index (χ2v) is 4.25. The molecular formula is C11H19N3O. The minimum Gasteiger partial charge on any atom is -0.352 e. The molecule has 0 bridgehead atoms. The molecule has 4 heteroatoms. The topological polar surface area (TPSA) is 46.9 Å². The molecule has 0 saturated carbocycles. The molecule has 0 saturated heterocycles. The van der Waals surface area contributed by atoms with Crippen LogP contribution in [0, 0.1) is 0 Å². The number of hydrogen-bond acceptors (Lipinski definition) is 2. The van der Waals surface area contributed by atoms with Crippen LogP contribution in [0.4, 0.5) is 0 Å². The van der Waals surface area contributed by atoms with Crippen molar-refractivity contribution in [2.24, 2.45) is 0 Å². The van der Waals surface area contributed by atoms with Crippen LogP contribution in [0.15, 0.2) is 12.4 Å². The van der Waals surface area contributed by atoms with Gasteiger partial charge in [-0.2, -0.15) is 5.10 Å². The molecule has 0 aliphatic heterocycles. The summed E-state index contributed by atoms with van der Waals surface area (Å²) in [4.78, 5) is 10.8. The highest BCUT2D eigenvalue weighted by Gasteiger charge is 2.07. The van der Waals surface area contributed by atoms with E-state index in [0.29, 0.717) is 12.5 Å². The van der Waals surface area contributed by atoms with Gasteiger partial charge in [-0.05, 0) is 18.4 Å². The van der Waals surface area contributed by atoms with Gasteiger partial charge < -0.3 is 5.32 Å². The smallest absolute Gasteiger partial charge is 0.217 e. The maximum atomic E-state index is 10.8. The van der Waals surface area contributed by atoms with Crippen molar-refractivity contribution in [3.8, 4) is 0 Å². The van der Waals surface area contributed by atoms with Gasteiger partial charge in [0, 0.05) is 19.2 Å². The maximum absolute atomic E-state index is 10.8. The largest absolute Gasteiger partial charge is 0.352 e. The Morgan fingerprint density at radius 3 is 2.67 bits per heavy atom. The average Bonchev–Trinajstić information content (AvgIpc) is 2.50. The minimum atomic E-state index is -0.00117. The molecular weight excluding hydrogens is 190 g/mol. The summed E-state index contributed by atoms with van der Waals surface area (Å²) < 4.78 is 1.87. The van der Waals surface area contributed by atoms with Gasteiger partial charge >= 0.3 is 0 Å². The lowest BCUT2D eigenvalue weighted by Gasteiger charge is -2.11. The predicted molar refractivity (Wildman–Crippen MR) is 59.6 cm³/mol. The second kappa shape index (κ2) is 4.96. The van der Waals surface area contributed by atoms with Gasteiger partial charge in [-0.3, -0.25) is 9.48 Å². The lowest BCUT2D eigenvalue weighted by atomic mass is 10.1. The van der Waals surface area contributed by atoms with Gasteiger partial charge in [0.1, 0.15) is 0 Å². The van der Waals surface area contributed by atoms with E-state index in [1.807, 2.05) is 24.0 Å². The van der Waals surface area contributed by atoms with Gasteiger partial charge in [-0.15, -0.1) is 0 Å².